The summed E-state index contributed by atoms with van der Waals surface area (Å²) in [7, 11) is 0. The van der Waals surface area contributed by atoms with Crippen molar-refractivity contribution in [2.75, 3.05) is 11.1 Å². The molecule has 0 radical (unpaired) electrons. The molecule has 1 aliphatic rings. The van der Waals surface area contributed by atoms with Crippen molar-refractivity contribution in [2.24, 2.45) is 0 Å². The smallest absolute Gasteiger partial charge is 0.267 e. The number of fused-ring (bicyclic) bond motifs is 2. The van der Waals surface area contributed by atoms with Gasteiger partial charge < -0.3 is 11.1 Å². The molecule has 0 fully saturated rings. The largest absolute Gasteiger partial charge is 0.397 e. The van der Waals surface area contributed by atoms with Gasteiger partial charge in [-0.15, -0.1) is 11.3 Å². The number of carbonyl (C=O) groups is 1. The van der Waals surface area contributed by atoms with E-state index in [0.717, 1.165) is 44.1 Å². The van der Waals surface area contributed by atoms with Gasteiger partial charge >= 0.3 is 0 Å². The number of nitrogens with zero attached hydrogens (tertiary/aromatic N) is 1. The second-order valence-corrected chi connectivity index (χ2v) is 8.49. The number of pyridine rings is 1. The first kappa shape index (κ1) is 16.1. The molecule has 4 rings (SSSR count). The third-order valence-electron chi connectivity index (χ3n) is 4.13. The molecule has 0 atom stereocenters. The van der Waals surface area contributed by atoms with Gasteiger partial charge in [-0.05, 0) is 65.0 Å². The second kappa shape index (κ2) is 6.13. The lowest BCUT2D eigenvalue weighted by atomic mass is 10.1. The van der Waals surface area contributed by atoms with E-state index in [1.807, 2.05) is 18.2 Å². The zero-order valence-electron chi connectivity index (χ0n) is 12.5. The Balaban J connectivity index is 1.70. The standard InChI is InChI=1S/C17H13Br2N3OS/c18-9-4-5-13(11(19)7-9)21-16(23)15-14(20)10-6-8-2-1-3-12(8)22-17(10)24-15/h4-7H,1-3,20H2,(H,21,23). The van der Waals surface area contributed by atoms with E-state index in [-0.39, 0.29) is 5.91 Å². The van der Waals surface area contributed by atoms with Crippen molar-refractivity contribution in [1.29, 1.82) is 0 Å². The molecule has 4 nitrogen and oxygen atoms in total. The van der Waals surface area contributed by atoms with Crippen molar-refractivity contribution >= 4 is 70.7 Å². The molecule has 3 N–H and O–H groups in total. The van der Waals surface area contributed by atoms with Gasteiger partial charge in [-0.25, -0.2) is 4.98 Å². The Hall–Kier alpha value is -1.44. The van der Waals surface area contributed by atoms with E-state index in [1.165, 1.54) is 16.9 Å². The number of hydrogen-bond acceptors (Lipinski definition) is 4. The molecule has 3 aromatic rings. The van der Waals surface area contributed by atoms with Crippen LogP contribution in [0, 0.1) is 0 Å². The van der Waals surface area contributed by atoms with Gasteiger partial charge in [-0.3, -0.25) is 4.79 Å². The molecule has 24 heavy (non-hydrogen) atoms. The monoisotopic (exact) mass is 465 g/mol. The lowest BCUT2D eigenvalue weighted by molar-refractivity contribution is 0.103. The van der Waals surface area contributed by atoms with E-state index in [0.29, 0.717) is 16.3 Å². The van der Waals surface area contributed by atoms with Gasteiger partial charge in [0.05, 0.1) is 11.4 Å². The van der Waals surface area contributed by atoms with Gasteiger partial charge in [0.25, 0.3) is 5.91 Å². The molecule has 0 unspecified atom stereocenters. The maximum atomic E-state index is 12.7. The molecule has 2 heterocycles. The fourth-order valence-electron chi connectivity index (χ4n) is 2.94. The first-order valence-electron chi connectivity index (χ1n) is 7.50. The number of aromatic nitrogens is 1. The number of nitrogens with one attached hydrogen (secondary N) is 1. The summed E-state index contributed by atoms with van der Waals surface area (Å²) in [6.07, 6.45) is 3.20. The molecule has 1 amide bonds. The fourth-order valence-corrected chi connectivity index (χ4v) is 5.07. The van der Waals surface area contributed by atoms with E-state index in [2.05, 4.69) is 43.2 Å². The highest BCUT2D eigenvalue weighted by atomic mass is 79.9. The first-order chi connectivity index (χ1) is 11.5. The van der Waals surface area contributed by atoms with Crippen LogP contribution >= 0.6 is 43.2 Å². The summed E-state index contributed by atoms with van der Waals surface area (Å²) >= 11 is 8.21. The molecular formula is C17H13Br2N3OS. The molecule has 0 saturated heterocycles. The Kier molecular flexibility index (Phi) is 4.10. The fraction of sp³-hybridized carbons (Fsp3) is 0.176. The number of anilines is 2. The van der Waals surface area contributed by atoms with Crippen LogP contribution in [0.25, 0.3) is 10.2 Å². The van der Waals surface area contributed by atoms with Gasteiger partial charge in [-0.1, -0.05) is 15.9 Å². The van der Waals surface area contributed by atoms with Crippen molar-refractivity contribution in [3.8, 4) is 0 Å². The zero-order valence-corrected chi connectivity index (χ0v) is 16.5. The van der Waals surface area contributed by atoms with Gasteiger partial charge in [-0.2, -0.15) is 0 Å². The summed E-state index contributed by atoms with van der Waals surface area (Å²) in [6.45, 7) is 0. The average molecular weight is 467 g/mol. The van der Waals surface area contributed by atoms with Crippen LogP contribution in [0.4, 0.5) is 11.4 Å². The first-order valence-corrected chi connectivity index (χ1v) is 9.90. The molecule has 1 aliphatic carbocycles. The van der Waals surface area contributed by atoms with E-state index in [9.17, 15) is 4.79 Å². The highest BCUT2D eigenvalue weighted by Gasteiger charge is 2.21. The number of hydrogen-bond donors (Lipinski definition) is 2. The Morgan fingerprint density at radius 1 is 1.25 bits per heavy atom. The third kappa shape index (κ3) is 2.74. The van der Waals surface area contributed by atoms with Crippen LogP contribution in [-0.2, 0) is 12.8 Å². The minimum atomic E-state index is -0.210. The van der Waals surface area contributed by atoms with Crippen LogP contribution < -0.4 is 11.1 Å². The minimum absolute atomic E-state index is 0.210. The maximum absolute atomic E-state index is 12.7. The van der Waals surface area contributed by atoms with Gasteiger partial charge in [0.1, 0.15) is 9.71 Å². The predicted molar refractivity (Wildman–Crippen MR) is 106 cm³/mol. The van der Waals surface area contributed by atoms with Crippen molar-refractivity contribution in [1.82, 2.24) is 4.98 Å². The third-order valence-corrected chi connectivity index (χ3v) is 6.40. The summed E-state index contributed by atoms with van der Waals surface area (Å²) in [5, 5.41) is 3.80. The van der Waals surface area contributed by atoms with Crippen molar-refractivity contribution in [2.45, 2.75) is 19.3 Å². The topological polar surface area (TPSA) is 68.0 Å². The highest BCUT2D eigenvalue weighted by molar-refractivity contribution is 9.11. The SMILES string of the molecule is Nc1c(C(=O)Nc2ccc(Br)cc2Br)sc2nc3c(cc12)CCC3. The number of aryl methyl sites for hydroxylation is 2. The molecule has 0 bridgehead atoms. The normalized spacial score (nSPS) is 13.2. The number of thiophene rings is 1. The number of halogens is 2. The van der Waals surface area contributed by atoms with Crippen molar-refractivity contribution in [3.05, 3.63) is 49.3 Å². The van der Waals surface area contributed by atoms with Gasteiger partial charge in [0, 0.05) is 20.0 Å². The van der Waals surface area contributed by atoms with Crippen LogP contribution in [0.3, 0.4) is 0 Å². The highest BCUT2D eigenvalue weighted by Crippen LogP contribution is 2.36. The van der Waals surface area contributed by atoms with Crippen LogP contribution in [0.2, 0.25) is 0 Å². The summed E-state index contributed by atoms with van der Waals surface area (Å²) in [6, 6.07) is 7.70. The molecule has 0 saturated carbocycles. The molecule has 2 aromatic heterocycles. The quantitative estimate of drug-likeness (QED) is 0.549. The van der Waals surface area contributed by atoms with Crippen LogP contribution in [-0.4, -0.2) is 10.9 Å². The molecule has 122 valence electrons. The number of rotatable bonds is 2. The number of nitrogen functional groups attached to an aromatic ring is 1. The van der Waals surface area contributed by atoms with Crippen LogP contribution in [0.5, 0.6) is 0 Å². The molecule has 7 heteroatoms. The molecular weight excluding hydrogens is 454 g/mol. The van der Waals surface area contributed by atoms with Crippen LogP contribution in [0.15, 0.2) is 33.2 Å². The Morgan fingerprint density at radius 2 is 2.08 bits per heavy atom. The van der Waals surface area contributed by atoms with E-state index in [1.54, 1.807) is 0 Å². The van der Waals surface area contributed by atoms with Gasteiger partial charge in [0.2, 0.25) is 0 Å². The number of amides is 1. The van der Waals surface area contributed by atoms with E-state index in [4.69, 9.17) is 10.7 Å². The van der Waals surface area contributed by atoms with Crippen molar-refractivity contribution in [3.63, 3.8) is 0 Å². The molecule has 0 spiro atoms. The van der Waals surface area contributed by atoms with Crippen molar-refractivity contribution < 1.29 is 4.79 Å². The number of carbonyl (C=O) groups excluding carboxylic acids is 1. The number of benzene rings is 1. The molecule has 0 aliphatic heterocycles. The zero-order chi connectivity index (χ0) is 16.8. The summed E-state index contributed by atoms with van der Waals surface area (Å²) in [5.41, 5.74) is 9.86. The molecule has 1 aromatic carbocycles. The summed E-state index contributed by atoms with van der Waals surface area (Å²) in [4.78, 5) is 18.7. The van der Waals surface area contributed by atoms with Gasteiger partial charge in [0.15, 0.2) is 0 Å². The Bertz CT molecular complexity index is 984. The lowest BCUT2D eigenvalue weighted by Crippen LogP contribution is -2.12. The summed E-state index contributed by atoms with van der Waals surface area (Å²) in [5.74, 6) is -0.210. The average Bonchev–Trinajstić information content (AvgIpc) is 3.12. The van der Waals surface area contributed by atoms with Crippen LogP contribution in [0.1, 0.15) is 27.3 Å². The Morgan fingerprint density at radius 3 is 2.88 bits per heavy atom. The predicted octanol–water partition coefficient (Wildman–Crippen LogP) is 5.14. The summed E-state index contributed by atoms with van der Waals surface area (Å²) < 4.78 is 1.74. The Labute approximate surface area is 159 Å². The minimum Gasteiger partial charge on any atom is -0.397 e. The lowest BCUT2D eigenvalue weighted by Gasteiger charge is -2.07. The number of nitrogens with two attached hydrogens (primary N) is 1. The van der Waals surface area contributed by atoms with E-state index < -0.39 is 0 Å². The second-order valence-electron chi connectivity index (χ2n) is 5.72. The maximum Gasteiger partial charge on any atom is 0.267 e. The van der Waals surface area contributed by atoms with E-state index >= 15 is 0 Å².